The van der Waals surface area contributed by atoms with Crippen LogP contribution < -0.4 is 5.73 Å². The van der Waals surface area contributed by atoms with E-state index in [-0.39, 0.29) is 0 Å². The van der Waals surface area contributed by atoms with E-state index in [0.29, 0.717) is 6.42 Å². The Morgan fingerprint density at radius 2 is 1.84 bits per heavy atom. The van der Waals surface area contributed by atoms with Crippen molar-refractivity contribution in [1.29, 1.82) is 0 Å². The number of rotatable bonds is 4. The van der Waals surface area contributed by atoms with Crippen LogP contribution in [-0.2, 0) is 4.79 Å². The fourth-order valence-corrected chi connectivity index (χ4v) is 2.41. The first-order valence-electron chi connectivity index (χ1n) is 6.51. The third-order valence-corrected chi connectivity index (χ3v) is 3.60. The maximum Gasteiger partial charge on any atom is 0.308 e. The smallest absolute Gasteiger partial charge is 0.308 e. The standard InChI is InChI=1S/C16H19NO2/c1-3-14(16(18)19)15(17)13-7-6-11-8-10(2)4-5-12(11)9-13/h4-9,14-15H,3,17H2,1-2H3,(H,18,19). The molecule has 0 spiro atoms. The zero-order valence-electron chi connectivity index (χ0n) is 11.3. The first-order chi connectivity index (χ1) is 9.02. The van der Waals surface area contributed by atoms with E-state index in [1.807, 2.05) is 37.3 Å². The molecule has 0 heterocycles. The molecule has 2 rings (SSSR count). The Balaban J connectivity index is 2.40. The summed E-state index contributed by atoms with van der Waals surface area (Å²) in [5.74, 6) is -1.37. The topological polar surface area (TPSA) is 63.3 Å². The van der Waals surface area contributed by atoms with Crippen LogP contribution in [0.1, 0.15) is 30.5 Å². The molecule has 0 saturated heterocycles. The number of benzene rings is 2. The molecule has 100 valence electrons. The third kappa shape index (κ3) is 2.76. The van der Waals surface area contributed by atoms with Crippen LogP contribution in [0.2, 0.25) is 0 Å². The fourth-order valence-electron chi connectivity index (χ4n) is 2.41. The zero-order valence-corrected chi connectivity index (χ0v) is 11.3. The zero-order chi connectivity index (χ0) is 14.0. The quantitative estimate of drug-likeness (QED) is 0.883. The summed E-state index contributed by atoms with van der Waals surface area (Å²) in [6.07, 6.45) is 0.530. The van der Waals surface area contributed by atoms with Gasteiger partial charge in [-0.3, -0.25) is 4.79 Å². The summed E-state index contributed by atoms with van der Waals surface area (Å²) in [7, 11) is 0. The maximum absolute atomic E-state index is 11.2. The highest BCUT2D eigenvalue weighted by molar-refractivity contribution is 5.84. The van der Waals surface area contributed by atoms with Crippen molar-refractivity contribution in [3.63, 3.8) is 0 Å². The molecule has 0 bridgehead atoms. The first kappa shape index (κ1) is 13.6. The molecule has 0 fully saturated rings. The van der Waals surface area contributed by atoms with Crippen molar-refractivity contribution in [3.05, 3.63) is 47.5 Å². The van der Waals surface area contributed by atoms with E-state index in [0.717, 1.165) is 16.3 Å². The molecule has 0 aromatic heterocycles. The van der Waals surface area contributed by atoms with Gasteiger partial charge in [0, 0.05) is 6.04 Å². The summed E-state index contributed by atoms with van der Waals surface area (Å²) in [5, 5.41) is 11.4. The van der Waals surface area contributed by atoms with Crippen molar-refractivity contribution in [2.45, 2.75) is 26.3 Å². The molecule has 0 radical (unpaired) electrons. The number of nitrogens with two attached hydrogens (primary N) is 1. The van der Waals surface area contributed by atoms with Crippen molar-refractivity contribution in [3.8, 4) is 0 Å². The Morgan fingerprint density at radius 1 is 1.21 bits per heavy atom. The van der Waals surface area contributed by atoms with Crippen molar-refractivity contribution < 1.29 is 9.90 Å². The second kappa shape index (κ2) is 5.41. The third-order valence-electron chi connectivity index (χ3n) is 3.60. The molecule has 2 aromatic carbocycles. The highest BCUT2D eigenvalue weighted by Crippen LogP contribution is 2.26. The predicted molar refractivity (Wildman–Crippen MR) is 77.0 cm³/mol. The molecule has 3 N–H and O–H groups in total. The number of carboxylic acid groups (broad SMARTS) is 1. The van der Waals surface area contributed by atoms with E-state index in [4.69, 9.17) is 5.73 Å². The molecular weight excluding hydrogens is 238 g/mol. The molecule has 2 unspecified atom stereocenters. The van der Waals surface area contributed by atoms with Crippen molar-refractivity contribution >= 4 is 16.7 Å². The van der Waals surface area contributed by atoms with Crippen LogP contribution in [0.15, 0.2) is 36.4 Å². The molecule has 0 saturated carbocycles. The van der Waals surface area contributed by atoms with Gasteiger partial charge in [-0.2, -0.15) is 0 Å². The number of carboxylic acids is 1. The lowest BCUT2D eigenvalue weighted by molar-refractivity contribution is -0.142. The van der Waals surface area contributed by atoms with Gasteiger partial charge in [0.1, 0.15) is 0 Å². The first-order valence-corrected chi connectivity index (χ1v) is 6.51. The van der Waals surface area contributed by atoms with Gasteiger partial charge in [-0.1, -0.05) is 42.8 Å². The van der Waals surface area contributed by atoms with Gasteiger partial charge >= 0.3 is 5.97 Å². The average molecular weight is 257 g/mol. The molecule has 0 aliphatic rings. The lowest BCUT2D eigenvalue weighted by atomic mass is 9.90. The van der Waals surface area contributed by atoms with Gasteiger partial charge in [0.25, 0.3) is 0 Å². The summed E-state index contributed by atoms with van der Waals surface area (Å²) >= 11 is 0. The number of hydrogen-bond donors (Lipinski definition) is 2. The highest BCUT2D eigenvalue weighted by Gasteiger charge is 2.24. The Bertz CT molecular complexity index is 607. The summed E-state index contributed by atoms with van der Waals surface area (Å²) in [4.78, 5) is 11.2. The van der Waals surface area contributed by atoms with E-state index in [1.54, 1.807) is 0 Å². The molecule has 19 heavy (non-hydrogen) atoms. The van der Waals surface area contributed by atoms with Gasteiger partial charge in [-0.25, -0.2) is 0 Å². The SMILES string of the molecule is CCC(C(=O)O)C(N)c1ccc2cc(C)ccc2c1. The number of fused-ring (bicyclic) bond motifs is 1. The fraction of sp³-hybridized carbons (Fsp3) is 0.312. The minimum Gasteiger partial charge on any atom is -0.481 e. The van der Waals surface area contributed by atoms with Crippen molar-refractivity contribution in [2.75, 3.05) is 0 Å². The van der Waals surface area contributed by atoms with Gasteiger partial charge in [0.05, 0.1) is 5.92 Å². The number of hydrogen-bond acceptors (Lipinski definition) is 2. The van der Waals surface area contributed by atoms with Crippen LogP contribution in [0.3, 0.4) is 0 Å². The average Bonchev–Trinajstić information content (AvgIpc) is 2.38. The number of aliphatic carboxylic acids is 1. The van der Waals surface area contributed by atoms with Crippen LogP contribution in [-0.4, -0.2) is 11.1 Å². The van der Waals surface area contributed by atoms with Crippen LogP contribution in [0.25, 0.3) is 10.8 Å². The summed E-state index contributed by atoms with van der Waals surface area (Å²) in [5.41, 5.74) is 8.18. The molecular formula is C16H19NO2. The lowest BCUT2D eigenvalue weighted by Gasteiger charge is -2.19. The van der Waals surface area contributed by atoms with Crippen molar-refractivity contribution in [1.82, 2.24) is 0 Å². The second-order valence-electron chi connectivity index (χ2n) is 4.99. The predicted octanol–water partition coefficient (Wildman–Crippen LogP) is 3.26. The maximum atomic E-state index is 11.2. The van der Waals surface area contributed by atoms with Crippen LogP contribution in [0.4, 0.5) is 0 Å². The van der Waals surface area contributed by atoms with Gasteiger partial charge < -0.3 is 10.8 Å². The Morgan fingerprint density at radius 3 is 2.47 bits per heavy atom. The highest BCUT2D eigenvalue weighted by atomic mass is 16.4. The van der Waals surface area contributed by atoms with Crippen LogP contribution in [0.5, 0.6) is 0 Å². The van der Waals surface area contributed by atoms with Gasteiger partial charge in [-0.05, 0) is 35.7 Å². The van der Waals surface area contributed by atoms with E-state index >= 15 is 0 Å². The van der Waals surface area contributed by atoms with E-state index in [1.165, 1.54) is 5.56 Å². The van der Waals surface area contributed by atoms with Gasteiger partial charge in [-0.15, -0.1) is 0 Å². The Labute approximate surface area is 113 Å². The lowest BCUT2D eigenvalue weighted by Crippen LogP contribution is -2.27. The van der Waals surface area contributed by atoms with E-state index in [2.05, 4.69) is 13.0 Å². The van der Waals surface area contributed by atoms with Crippen LogP contribution >= 0.6 is 0 Å². The van der Waals surface area contributed by atoms with E-state index in [9.17, 15) is 9.90 Å². The van der Waals surface area contributed by atoms with Crippen LogP contribution in [0, 0.1) is 12.8 Å². The van der Waals surface area contributed by atoms with Gasteiger partial charge in [0.2, 0.25) is 0 Å². The molecule has 2 aromatic rings. The molecule has 0 amide bonds. The largest absolute Gasteiger partial charge is 0.481 e. The minimum absolute atomic E-state index is 0.465. The molecule has 2 atom stereocenters. The normalized spacial score (nSPS) is 14.3. The summed E-state index contributed by atoms with van der Waals surface area (Å²) in [6, 6.07) is 11.7. The monoisotopic (exact) mass is 257 g/mol. The molecule has 0 aliphatic heterocycles. The molecule has 0 aliphatic carbocycles. The Hall–Kier alpha value is -1.87. The summed E-state index contributed by atoms with van der Waals surface area (Å²) < 4.78 is 0. The molecule has 3 nitrogen and oxygen atoms in total. The Kier molecular flexibility index (Phi) is 3.86. The van der Waals surface area contributed by atoms with Crippen molar-refractivity contribution in [2.24, 2.45) is 11.7 Å². The molecule has 3 heteroatoms. The second-order valence-corrected chi connectivity index (χ2v) is 4.99. The van der Waals surface area contributed by atoms with Gasteiger partial charge in [0.15, 0.2) is 0 Å². The van der Waals surface area contributed by atoms with E-state index < -0.39 is 17.9 Å². The number of aryl methyl sites for hydroxylation is 1. The summed E-state index contributed by atoms with van der Waals surface area (Å²) in [6.45, 7) is 3.90. The minimum atomic E-state index is -0.834. The number of carbonyl (C=O) groups is 1.